The Labute approximate surface area is 106 Å². The summed E-state index contributed by atoms with van der Waals surface area (Å²) in [7, 11) is 0. The van der Waals surface area contributed by atoms with E-state index in [0.29, 0.717) is 24.4 Å². The molecule has 0 saturated carbocycles. The van der Waals surface area contributed by atoms with Crippen molar-refractivity contribution in [1.29, 1.82) is 0 Å². The molecule has 1 aromatic rings. The van der Waals surface area contributed by atoms with Crippen LogP contribution in [0.1, 0.15) is 36.5 Å². The molecule has 1 rings (SSSR count). The van der Waals surface area contributed by atoms with Crippen LogP contribution in [-0.4, -0.2) is 28.5 Å². The van der Waals surface area contributed by atoms with Gasteiger partial charge in [0.25, 0.3) is 5.91 Å². The Morgan fingerprint density at radius 1 is 1.33 bits per heavy atom. The van der Waals surface area contributed by atoms with Crippen molar-refractivity contribution in [3.63, 3.8) is 0 Å². The van der Waals surface area contributed by atoms with E-state index in [1.54, 1.807) is 24.5 Å². The molecular weight excluding hydrogens is 232 g/mol. The maximum Gasteiger partial charge on any atom is 0.303 e. The lowest BCUT2D eigenvalue weighted by atomic mass is 10.0. The molecule has 2 N–H and O–H groups in total. The lowest BCUT2D eigenvalue weighted by Crippen LogP contribution is -2.25. The Hall–Kier alpha value is -1.91. The van der Waals surface area contributed by atoms with E-state index in [1.807, 2.05) is 6.92 Å². The number of amides is 1. The number of carboxylic acid groups (broad SMARTS) is 1. The third-order valence-corrected chi connectivity index (χ3v) is 2.72. The molecule has 98 valence electrons. The average Bonchev–Trinajstić information content (AvgIpc) is 2.37. The fourth-order valence-corrected chi connectivity index (χ4v) is 1.55. The summed E-state index contributed by atoms with van der Waals surface area (Å²) in [4.78, 5) is 25.9. The normalized spacial score (nSPS) is 11.8. The van der Waals surface area contributed by atoms with E-state index in [2.05, 4.69) is 10.3 Å². The van der Waals surface area contributed by atoms with E-state index in [4.69, 9.17) is 5.11 Å². The van der Waals surface area contributed by atoms with E-state index in [1.165, 1.54) is 0 Å². The van der Waals surface area contributed by atoms with E-state index in [-0.39, 0.29) is 12.3 Å². The van der Waals surface area contributed by atoms with Gasteiger partial charge in [-0.15, -0.1) is 0 Å². The molecular formula is C13H18N2O3. The number of hydrogen-bond donors (Lipinski definition) is 2. The Bertz CT molecular complexity index is 392. The van der Waals surface area contributed by atoms with Crippen molar-refractivity contribution in [1.82, 2.24) is 10.3 Å². The number of carbonyl (C=O) groups is 2. The van der Waals surface area contributed by atoms with E-state index in [9.17, 15) is 9.59 Å². The molecule has 18 heavy (non-hydrogen) atoms. The molecule has 0 fully saturated rings. The van der Waals surface area contributed by atoms with Crippen LogP contribution in [0.4, 0.5) is 0 Å². The molecule has 1 aromatic heterocycles. The summed E-state index contributed by atoms with van der Waals surface area (Å²) in [6.07, 6.45) is 4.75. The van der Waals surface area contributed by atoms with Crippen LogP contribution in [0.25, 0.3) is 0 Å². The molecule has 0 bridgehead atoms. The predicted octanol–water partition coefficient (Wildman–Crippen LogP) is 1.70. The maximum absolute atomic E-state index is 11.7. The van der Waals surface area contributed by atoms with Crippen LogP contribution >= 0.6 is 0 Å². The monoisotopic (exact) mass is 250 g/mol. The number of nitrogens with zero attached hydrogens (tertiary/aromatic N) is 1. The van der Waals surface area contributed by atoms with Crippen LogP contribution in [0.2, 0.25) is 0 Å². The Kier molecular flexibility index (Phi) is 5.84. The first-order valence-electron chi connectivity index (χ1n) is 5.99. The van der Waals surface area contributed by atoms with Gasteiger partial charge in [0.1, 0.15) is 0 Å². The van der Waals surface area contributed by atoms with Crippen LogP contribution < -0.4 is 5.32 Å². The third-order valence-electron chi connectivity index (χ3n) is 2.72. The van der Waals surface area contributed by atoms with Gasteiger partial charge in [-0.1, -0.05) is 6.92 Å². The van der Waals surface area contributed by atoms with E-state index < -0.39 is 5.97 Å². The summed E-state index contributed by atoms with van der Waals surface area (Å²) in [6.45, 7) is 2.55. The zero-order valence-corrected chi connectivity index (χ0v) is 10.4. The highest BCUT2D eigenvalue weighted by Crippen LogP contribution is 2.09. The van der Waals surface area contributed by atoms with Crippen molar-refractivity contribution in [3.05, 3.63) is 30.1 Å². The van der Waals surface area contributed by atoms with Crippen LogP contribution in [0.15, 0.2) is 24.5 Å². The largest absolute Gasteiger partial charge is 0.481 e. The van der Waals surface area contributed by atoms with Crippen LogP contribution in [0.3, 0.4) is 0 Å². The molecule has 0 aliphatic heterocycles. The lowest BCUT2D eigenvalue weighted by Gasteiger charge is -2.10. The number of pyridine rings is 1. The third kappa shape index (κ3) is 5.43. The summed E-state index contributed by atoms with van der Waals surface area (Å²) >= 11 is 0. The van der Waals surface area contributed by atoms with Gasteiger partial charge in [-0.2, -0.15) is 0 Å². The molecule has 1 heterocycles. The molecule has 0 aliphatic rings. The lowest BCUT2D eigenvalue weighted by molar-refractivity contribution is -0.137. The van der Waals surface area contributed by atoms with Gasteiger partial charge in [0.05, 0.1) is 0 Å². The predicted molar refractivity (Wildman–Crippen MR) is 67.2 cm³/mol. The maximum atomic E-state index is 11.7. The molecule has 1 amide bonds. The second kappa shape index (κ2) is 7.42. The summed E-state index contributed by atoms with van der Waals surface area (Å²) in [5, 5.41) is 11.4. The van der Waals surface area contributed by atoms with Gasteiger partial charge < -0.3 is 10.4 Å². The van der Waals surface area contributed by atoms with Crippen molar-refractivity contribution in [3.8, 4) is 0 Å². The van der Waals surface area contributed by atoms with Gasteiger partial charge in [-0.3, -0.25) is 14.6 Å². The fourth-order valence-electron chi connectivity index (χ4n) is 1.55. The highest BCUT2D eigenvalue weighted by molar-refractivity contribution is 5.93. The number of carbonyl (C=O) groups excluding carboxylic acids is 1. The van der Waals surface area contributed by atoms with E-state index in [0.717, 1.165) is 6.42 Å². The molecule has 1 unspecified atom stereocenters. The summed E-state index contributed by atoms with van der Waals surface area (Å²) in [5.74, 6) is -0.607. The molecule has 5 heteroatoms. The first-order valence-corrected chi connectivity index (χ1v) is 5.99. The summed E-state index contributed by atoms with van der Waals surface area (Å²) in [5.41, 5.74) is 0.586. The highest BCUT2D eigenvalue weighted by Gasteiger charge is 2.07. The van der Waals surface area contributed by atoms with Crippen molar-refractivity contribution >= 4 is 11.9 Å². The summed E-state index contributed by atoms with van der Waals surface area (Å²) < 4.78 is 0. The average molecular weight is 250 g/mol. The van der Waals surface area contributed by atoms with Gasteiger partial charge in [-0.25, -0.2) is 0 Å². The number of aliphatic carboxylic acids is 1. The van der Waals surface area contributed by atoms with Crippen molar-refractivity contribution < 1.29 is 14.7 Å². The minimum atomic E-state index is -0.775. The number of aromatic nitrogens is 1. The molecule has 5 nitrogen and oxygen atoms in total. The SMILES string of the molecule is CC(CCNC(=O)c1ccncc1)CCC(=O)O. The first-order chi connectivity index (χ1) is 8.59. The minimum absolute atomic E-state index is 0.122. The molecule has 0 aromatic carbocycles. The van der Waals surface area contributed by atoms with Crippen LogP contribution in [0.5, 0.6) is 0 Å². The highest BCUT2D eigenvalue weighted by atomic mass is 16.4. The number of rotatable bonds is 7. The van der Waals surface area contributed by atoms with Crippen LogP contribution in [-0.2, 0) is 4.79 Å². The van der Waals surface area contributed by atoms with Gasteiger partial charge in [-0.05, 0) is 30.9 Å². The van der Waals surface area contributed by atoms with E-state index >= 15 is 0 Å². The number of nitrogens with one attached hydrogen (secondary N) is 1. The zero-order chi connectivity index (χ0) is 13.4. The minimum Gasteiger partial charge on any atom is -0.481 e. The summed E-state index contributed by atoms with van der Waals surface area (Å²) in [6, 6.07) is 3.31. The molecule has 0 aliphatic carbocycles. The Morgan fingerprint density at radius 2 is 2.00 bits per heavy atom. The fraction of sp³-hybridized carbons (Fsp3) is 0.462. The molecule has 0 radical (unpaired) electrons. The number of hydrogen-bond acceptors (Lipinski definition) is 3. The van der Waals surface area contributed by atoms with Crippen molar-refractivity contribution in [2.75, 3.05) is 6.54 Å². The smallest absolute Gasteiger partial charge is 0.303 e. The standard InChI is InChI=1S/C13H18N2O3/c1-10(2-3-12(16)17)4-9-15-13(18)11-5-7-14-8-6-11/h5-8,10H,2-4,9H2,1H3,(H,15,18)(H,16,17). The second-order valence-electron chi connectivity index (χ2n) is 4.32. The van der Waals surface area contributed by atoms with Gasteiger partial charge in [0.15, 0.2) is 0 Å². The second-order valence-corrected chi connectivity index (χ2v) is 4.32. The Morgan fingerprint density at radius 3 is 2.61 bits per heavy atom. The Balaban J connectivity index is 2.21. The van der Waals surface area contributed by atoms with Crippen molar-refractivity contribution in [2.45, 2.75) is 26.2 Å². The topological polar surface area (TPSA) is 79.3 Å². The zero-order valence-electron chi connectivity index (χ0n) is 10.4. The molecule has 0 saturated heterocycles. The van der Waals surface area contributed by atoms with Gasteiger partial charge in [0.2, 0.25) is 0 Å². The number of carboxylic acids is 1. The van der Waals surface area contributed by atoms with Crippen LogP contribution in [0, 0.1) is 5.92 Å². The quantitative estimate of drug-likeness (QED) is 0.772. The van der Waals surface area contributed by atoms with Gasteiger partial charge in [0, 0.05) is 30.9 Å². The molecule has 1 atom stereocenters. The molecule has 0 spiro atoms. The first kappa shape index (κ1) is 14.2. The van der Waals surface area contributed by atoms with Gasteiger partial charge >= 0.3 is 5.97 Å². The van der Waals surface area contributed by atoms with Crippen molar-refractivity contribution in [2.24, 2.45) is 5.92 Å².